The fraction of sp³-hybridized carbons (Fsp3) is 0.438. The smallest absolute Gasteiger partial charge is 0.410 e. The zero-order valence-corrected chi connectivity index (χ0v) is 26.6. The van der Waals surface area contributed by atoms with Crippen LogP contribution in [0.25, 0.3) is 11.4 Å². The van der Waals surface area contributed by atoms with E-state index in [4.69, 9.17) is 29.2 Å². The molecule has 2 N–H and O–H groups in total. The average Bonchev–Trinajstić information content (AvgIpc) is 3.31. The molecule has 2 saturated heterocycles. The van der Waals surface area contributed by atoms with E-state index in [1.807, 2.05) is 32.9 Å². The van der Waals surface area contributed by atoms with Crippen molar-refractivity contribution in [2.45, 2.75) is 32.8 Å². The molecule has 0 spiro atoms. The largest absolute Gasteiger partial charge is 0.465 e. The Morgan fingerprint density at radius 1 is 0.761 bits per heavy atom. The highest BCUT2D eigenvalue weighted by molar-refractivity contribution is 6.00. The number of methoxy groups -OCH3 is 1. The Balaban J connectivity index is 1.30. The third kappa shape index (κ3) is 8.59. The second-order valence-electron chi connectivity index (χ2n) is 11.9. The molecule has 5 rings (SSSR count). The number of morpholine rings is 1. The fourth-order valence-corrected chi connectivity index (χ4v) is 4.96. The summed E-state index contributed by atoms with van der Waals surface area (Å²) in [4.78, 5) is 57.4. The molecule has 0 aliphatic carbocycles. The molecule has 0 bridgehead atoms. The molecule has 2 aliphatic heterocycles. The third-order valence-corrected chi connectivity index (χ3v) is 7.30. The van der Waals surface area contributed by atoms with Crippen LogP contribution in [0.5, 0.6) is 0 Å². The minimum Gasteiger partial charge on any atom is -0.465 e. The van der Waals surface area contributed by atoms with Crippen LogP contribution in [-0.2, 0) is 14.2 Å². The number of carbonyl (C=O) groups is 3. The molecule has 0 atom stereocenters. The zero-order chi connectivity index (χ0) is 32.7. The van der Waals surface area contributed by atoms with Crippen molar-refractivity contribution < 1.29 is 28.6 Å². The summed E-state index contributed by atoms with van der Waals surface area (Å²) in [5.41, 5.74) is 1.68. The summed E-state index contributed by atoms with van der Waals surface area (Å²) in [5, 5.41) is 5.56. The monoisotopic (exact) mass is 632 g/mol. The number of amides is 3. The van der Waals surface area contributed by atoms with E-state index in [1.54, 1.807) is 41.3 Å². The van der Waals surface area contributed by atoms with Gasteiger partial charge in [0.1, 0.15) is 5.60 Å². The highest BCUT2D eigenvalue weighted by atomic mass is 16.6. The van der Waals surface area contributed by atoms with Crippen molar-refractivity contribution in [2.24, 2.45) is 0 Å². The number of anilines is 4. The lowest BCUT2D eigenvalue weighted by molar-refractivity contribution is 0.0263. The lowest BCUT2D eigenvalue weighted by atomic mass is 10.2. The number of urea groups is 1. The maximum absolute atomic E-state index is 12.7. The molecule has 0 saturated carbocycles. The van der Waals surface area contributed by atoms with Gasteiger partial charge in [0.05, 0.1) is 25.9 Å². The van der Waals surface area contributed by atoms with Crippen molar-refractivity contribution in [1.29, 1.82) is 0 Å². The van der Waals surface area contributed by atoms with E-state index < -0.39 is 17.6 Å². The summed E-state index contributed by atoms with van der Waals surface area (Å²) in [6, 6.07) is 13.2. The topological polar surface area (TPSA) is 151 Å². The SMILES string of the molecule is COC(=O)c1ccc(NC(=O)Nc2ccc(-c3nc(N4CCOCC4)nc(N4CCCN(C(=O)OC(C)(C)C)CC4)n3)cc2)cc1. The number of nitrogens with one attached hydrogen (secondary N) is 2. The van der Waals surface area contributed by atoms with Crippen molar-refractivity contribution in [1.82, 2.24) is 19.9 Å². The van der Waals surface area contributed by atoms with Gasteiger partial charge in [-0.2, -0.15) is 15.0 Å². The number of aromatic nitrogens is 3. The van der Waals surface area contributed by atoms with Crippen molar-refractivity contribution in [3.63, 3.8) is 0 Å². The number of rotatable bonds is 6. The van der Waals surface area contributed by atoms with Crippen LogP contribution >= 0.6 is 0 Å². The molecular weight excluding hydrogens is 592 g/mol. The Kier molecular flexibility index (Phi) is 10.2. The van der Waals surface area contributed by atoms with E-state index in [1.165, 1.54) is 7.11 Å². The predicted octanol–water partition coefficient (Wildman–Crippen LogP) is 4.25. The van der Waals surface area contributed by atoms with Gasteiger partial charge in [0.15, 0.2) is 5.82 Å². The van der Waals surface area contributed by atoms with Gasteiger partial charge in [-0.25, -0.2) is 14.4 Å². The maximum Gasteiger partial charge on any atom is 0.410 e. The Morgan fingerprint density at radius 2 is 1.35 bits per heavy atom. The zero-order valence-electron chi connectivity index (χ0n) is 26.6. The first-order chi connectivity index (χ1) is 22.1. The van der Waals surface area contributed by atoms with Gasteiger partial charge in [-0.1, -0.05) is 0 Å². The van der Waals surface area contributed by atoms with Crippen LogP contribution in [0.3, 0.4) is 0 Å². The summed E-state index contributed by atoms with van der Waals surface area (Å²) in [6.45, 7) is 10.4. The fourth-order valence-electron chi connectivity index (χ4n) is 4.96. The molecule has 2 aromatic carbocycles. The van der Waals surface area contributed by atoms with E-state index >= 15 is 0 Å². The van der Waals surface area contributed by atoms with E-state index in [0.29, 0.717) is 87.1 Å². The highest BCUT2D eigenvalue weighted by Crippen LogP contribution is 2.25. The molecule has 2 fully saturated rings. The van der Waals surface area contributed by atoms with Crippen LogP contribution in [0.15, 0.2) is 48.5 Å². The summed E-state index contributed by atoms with van der Waals surface area (Å²) >= 11 is 0. The molecule has 14 nitrogen and oxygen atoms in total. The predicted molar refractivity (Wildman–Crippen MR) is 173 cm³/mol. The molecule has 1 aromatic heterocycles. The first kappa shape index (κ1) is 32.4. The number of hydrogen-bond acceptors (Lipinski definition) is 11. The van der Waals surface area contributed by atoms with Gasteiger partial charge >= 0.3 is 18.1 Å². The van der Waals surface area contributed by atoms with Gasteiger partial charge in [0, 0.05) is 56.2 Å². The molecule has 0 radical (unpaired) electrons. The van der Waals surface area contributed by atoms with E-state index in [2.05, 4.69) is 20.4 Å². The third-order valence-electron chi connectivity index (χ3n) is 7.30. The normalized spacial score (nSPS) is 15.5. The van der Waals surface area contributed by atoms with E-state index in [9.17, 15) is 14.4 Å². The molecular formula is C32H40N8O6. The molecule has 14 heteroatoms. The lowest BCUT2D eigenvalue weighted by Gasteiger charge is -2.28. The maximum atomic E-state index is 12.7. The summed E-state index contributed by atoms with van der Waals surface area (Å²) in [7, 11) is 1.31. The summed E-state index contributed by atoms with van der Waals surface area (Å²) in [6.07, 6.45) is 0.420. The van der Waals surface area contributed by atoms with Crippen molar-refractivity contribution in [2.75, 3.05) is 80.0 Å². The van der Waals surface area contributed by atoms with Gasteiger partial charge in [-0.15, -0.1) is 0 Å². The standard InChI is InChI=1S/C32H40N8O6/c1-32(2,3)46-31(43)40-15-5-14-38(16-17-40)28-35-26(36-29(37-28)39-18-20-45-21-19-39)22-6-10-24(11-7-22)33-30(42)34-25-12-8-23(9-13-25)27(41)44-4/h6-13H,5,14-21H2,1-4H3,(H2,33,34,42). The first-order valence-electron chi connectivity index (χ1n) is 15.3. The molecule has 244 valence electrons. The quantitative estimate of drug-likeness (QED) is 0.375. The van der Waals surface area contributed by atoms with Crippen molar-refractivity contribution in [3.05, 3.63) is 54.1 Å². The van der Waals surface area contributed by atoms with E-state index in [-0.39, 0.29) is 6.09 Å². The number of nitrogens with zero attached hydrogens (tertiary/aromatic N) is 6. The second-order valence-corrected chi connectivity index (χ2v) is 11.9. The number of carbonyl (C=O) groups excluding carboxylic acids is 3. The summed E-state index contributed by atoms with van der Waals surface area (Å²) in [5.74, 6) is 1.16. The molecule has 3 amide bonds. The average molecular weight is 633 g/mol. The van der Waals surface area contributed by atoms with Crippen LogP contribution in [0, 0.1) is 0 Å². The molecule has 0 unspecified atom stereocenters. The molecule has 3 aromatic rings. The lowest BCUT2D eigenvalue weighted by Crippen LogP contribution is -2.40. The van der Waals surface area contributed by atoms with Crippen LogP contribution in [0.1, 0.15) is 37.6 Å². The molecule has 46 heavy (non-hydrogen) atoms. The Hall–Kier alpha value is -4.98. The van der Waals surface area contributed by atoms with Gasteiger partial charge < -0.3 is 39.5 Å². The highest BCUT2D eigenvalue weighted by Gasteiger charge is 2.26. The van der Waals surface area contributed by atoms with Gasteiger partial charge in [-0.3, -0.25) is 0 Å². The Labute approximate surface area is 268 Å². The van der Waals surface area contributed by atoms with Crippen LogP contribution in [-0.4, -0.2) is 103 Å². The van der Waals surface area contributed by atoms with Gasteiger partial charge in [-0.05, 0) is 75.7 Å². The van der Waals surface area contributed by atoms with Crippen LogP contribution < -0.4 is 20.4 Å². The Morgan fingerprint density at radius 3 is 1.93 bits per heavy atom. The molecule has 3 heterocycles. The minimum atomic E-state index is -0.562. The summed E-state index contributed by atoms with van der Waals surface area (Å²) < 4.78 is 15.8. The van der Waals surface area contributed by atoms with Crippen molar-refractivity contribution in [3.8, 4) is 11.4 Å². The minimum absolute atomic E-state index is 0.321. The molecule has 2 aliphatic rings. The van der Waals surface area contributed by atoms with Gasteiger partial charge in [0.2, 0.25) is 11.9 Å². The number of benzene rings is 2. The van der Waals surface area contributed by atoms with Crippen LogP contribution in [0.2, 0.25) is 0 Å². The van der Waals surface area contributed by atoms with Crippen molar-refractivity contribution >= 4 is 41.4 Å². The van der Waals surface area contributed by atoms with Crippen LogP contribution in [0.4, 0.5) is 32.9 Å². The Bertz CT molecular complexity index is 1520. The number of esters is 1. The second kappa shape index (κ2) is 14.4. The first-order valence-corrected chi connectivity index (χ1v) is 15.3. The number of ether oxygens (including phenoxy) is 3. The van der Waals surface area contributed by atoms with Gasteiger partial charge in [0.25, 0.3) is 0 Å². The van der Waals surface area contributed by atoms with E-state index in [0.717, 1.165) is 12.0 Å². The number of hydrogen-bond donors (Lipinski definition) is 2.